The average Bonchev–Trinajstić information content (AvgIpc) is 3.14. The number of ketones is 1. The van der Waals surface area contributed by atoms with Gasteiger partial charge in [-0.3, -0.25) is 14.2 Å². The van der Waals surface area contributed by atoms with Crippen LogP contribution in [0.3, 0.4) is 0 Å². The highest BCUT2D eigenvalue weighted by atomic mass is 35.5. The first kappa shape index (κ1) is 22.6. The smallest absolute Gasteiger partial charge is 0.234 e. The second kappa shape index (κ2) is 10.8. The molecule has 0 bridgehead atoms. The second-order valence-electron chi connectivity index (χ2n) is 6.51. The number of aromatic nitrogens is 3. The minimum Gasteiger partial charge on any atom is -0.486 e. The molecule has 0 aliphatic rings. The first-order chi connectivity index (χ1) is 15.0. The van der Waals surface area contributed by atoms with Gasteiger partial charge in [-0.15, -0.1) is 16.8 Å². The molecule has 31 heavy (non-hydrogen) atoms. The number of nitrogens with zero attached hydrogens (tertiary/aromatic N) is 3. The SMILES string of the molecule is C=CCn1c(COc2ccc(Cl)cc2)nnc1SCC(=O)Nc1cccc(C(C)=O)c1. The number of nitrogens with one attached hydrogen (secondary N) is 1. The molecule has 160 valence electrons. The molecule has 0 aliphatic heterocycles. The van der Waals surface area contributed by atoms with Crippen LogP contribution in [0, 0.1) is 0 Å². The van der Waals surface area contributed by atoms with Crippen LogP contribution in [-0.2, 0) is 17.9 Å². The number of allylic oxidation sites excluding steroid dienone is 1. The Labute approximate surface area is 189 Å². The van der Waals surface area contributed by atoms with Crippen molar-refractivity contribution in [3.63, 3.8) is 0 Å². The minimum atomic E-state index is -0.210. The van der Waals surface area contributed by atoms with E-state index in [1.54, 1.807) is 54.6 Å². The van der Waals surface area contributed by atoms with Crippen molar-refractivity contribution in [2.45, 2.75) is 25.2 Å². The van der Waals surface area contributed by atoms with Crippen molar-refractivity contribution in [3.8, 4) is 5.75 Å². The standard InChI is InChI=1S/C22H21ClN4O3S/c1-3-11-27-20(13-30-19-9-7-17(23)8-10-19)25-26-22(27)31-14-21(29)24-18-6-4-5-16(12-18)15(2)28/h3-10,12H,1,11,13-14H2,2H3,(H,24,29). The topological polar surface area (TPSA) is 86.1 Å². The van der Waals surface area contributed by atoms with Crippen molar-refractivity contribution in [1.82, 2.24) is 14.8 Å². The summed E-state index contributed by atoms with van der Waals surface area (Å²) in [6, 6.07) is 13.9. The van der Waals surface area contributed by atoms with Gasteiger partial charge in [-0.05, 0) is 43.3 Å². The van der Waals surface area contributed by atoms with Crippen LogP contribution in [-0.4, -0.2) is 32.2 Å². The molecule has 3 aromatic rings. The van der Waals surface area contributed by atoms with Crippen LogP contribution >= 0.6 is 23.4 Å². The number of anilines is 1. The van der Waals surface area contributed by atoms with Gasteiger partial charge in [-0.25, -0.2) is 0 Å². The molecule has 1 heterocycles. The van der Waals surface area contributed by atoms with Crippen LogP contribution in [0.2, 0.25) is 5.02 Å². The summed E-state index contributed by atoms with van der Waals surface area (Å²) in [5.74, 6) is 1.15. The van der Waals surface area contributed by atoms with E-state index in [0.29, 0.717) is 39.5 Å². The summed E-state index contributed by atoms with van der Waals surface area (Å²) in [6.45, 7) is 5.95. The Bertz CT molecular complexity index is 1080. The first-order valence-corrected chi connectivity index (χ1v) is 10.8. The average molecular weight is 457 g/mol. The quantitative estimate of drug-likeness (QED) is 0.272. The maximum Gasteiger partial charge on any atom is 0.234 e. The van der Waals surface area contributed by atoms with Crippen molar-refractivity contribution in [3.05, 3.63) is 77.6 Å². The molecule has 0 unspecified atom stereocenters. The number of rotatable bonds is 10. The van der Waals surface area contributed by atoms with Crippen molar-refractivity contribution >= 4 is 40.7 Å². The van der Waals surface area contributed by atoms with Crippen LogP contribution in [0.5, 0.6) is 5.75 Å². The van der Waals surface area contributed by atoms with Crippen molar-refractivity contribution in [1.29, 1.82) is 0 Å². The van der Waals surface area contributed by atoms with Gasteiger partial charge in [0.05, 0.1) is 5.75 Å². The summed E-state index contributed by atoms with van der Waals surface area (Å²) in [7, 11) is 0. The number of benzene rings is 2. The Balaban J connectivity index is 1.61. The fraction of sp³-hybridized carbons (Fsp3) is 0.182. The Morgan fingerprint density at radius 3 is 2.71 bits per heavy atom. The van der Waals surface area contributed by atoms with Gasteiger partial charge in [0.25, 0.3) is 0 Å². The van der Waals surface area contributed by atoms with E-state index < -0.39 is 0 Å². The maximum atomic E-state index is 12.4. The van der Waals surface area contributed by atoms with E-state index in [2.05, 4.69) is 22.1 Å². The molecule has 0 saturated heterocycles. The number of Topliss-reactive ketones (excluding diaryl/α,β-unsaturated/α-hetero) is 1. The van der Waals surface area contributed by atoms with Gasteiger partial charge >= 0.3 is 0 Å². The molecule has 0 fully saturated rings. The summed E-state index contributed by atoms with van der Waals surface area (Å²) in [4.78, 5) is 23.8. The van der Waals surface area contributed by atoms with Crippen molar-refractivity contribution in [2.24, 2.45) is 0 Å². The molecular weight excluding hydrogens is 436 g/mol. The summed E-state index contributed by atoms with van der Waals surface area (Å²) in [5, 5.41) is 12.4. The molecule has 1 aromatic heterocycles. The first-order valence-electron chi connectivity index (χ1n) is 9.41. The van der Waals surface area contributed by atoms with Gasteiger partial charge in [0, 0.05) is 22.8 Å². The molecule has 0 radical (unpaired) electrons. The molecule has 0 saturated carbocycles. The van der Waals surface area contributed by atoms with Gasteiger partial charge in [-0.1, -0.05) is 41.6 Å². The molecule has 1 N–H and O–H groups in total. The normalized spacial score (nSPS) is 10.5. The lowest BCUT2D eigenvalue weighted by molar-refractivity contribution is -0.113. The highest BCUT2D eigenvalue weighted by Crippen LogP contribution is 2.21. The Hall–Kier alpha value is -3.10. The molecule has 7 nitrogen and oxygen atoms in total. The zero-order valence-electron chi connectivity index (χ0n) is 16.9. The zero-order valence-corrected chi connectivity index (χ0v) is 18.4. The molecule has 1 amide bonds. The Morgan fingerprint density at radius 1 is 1.23 bits per heavy atom. The lowest BCUT2D eigenvalue weighted by Crippen LogP contribution is -2.15. The van der Waals surface area contributed by atoms with Crippen LogP contribution in [0.15, 0.2) is 66.3 Å². The monoisotopic (exact) mass is 456 g/mol. The lowest BCUT2D eigenvalue weighted by atomic mass is 10.1. The molecule has 0 spiro atoms. The predicted molar refractivity (Wildman–Crippen MR) is 122 cm³/mol. The summed E-state index contributed by atoms with van der Waals surface area (Å²) in [5.41, 5.74) is 1.12. The van der Waals surface area contributed by atoms with Crippen LogP contribution < -0.4 is 10.1 Å². The molecule has 0 atom stereocenters. The Kier molecular flexibility index (Phi) is 7.86. The van der Waals surface area contributed by atoms with Gasteiger partial charge in [-0.2, -0.15) is 0 Å². The Morgan fingerprint density at radius 2 is 2.00 bits per heavy atom. The van der Waals surface area contributed by atoms with Crippen LogP contribution in [0.25, 0.3) is 0 Å². The highest BCUT2D eigenvalue weighted by Gasteiger charge is 2.14. The summed E-state index contributed by atoms with van der Waals surface area (Å²) < 4.78 is 7.59. The van der Waals surface area contributed by atoms with E-state index >= 15 is 0 Å². The van der Waals surface area contributed by atoms with E-state index in [1.165, 1.54) is 18.7 Å². The van der Waals surface area contributed by atoms with E-state index in [0.717, 1.165) is 0 Å². The van der Waals surface area contributed by atoms with Gasteiger partial charge in [0.2, 0.25) is 5.91 Å². The van der Waals surface area contributed by atoms with Crippen molar-refractivity contribution < 1.29 is 14.3 Å². The molecule has 2 aromatic carbocycles. The number of hydrogen-bond donors (Lipinski definition) is 1. The molecular formula is C22H21ClN4O3S. The molecule has 3 rings (SSSR count). The third kappa shape index (κ3) is 6.44. The molecule has 9 heteroatoms. The number of carbonyl (C=O) groups is 2. The third-order valence-corrected chi connectivity index (χ3v) is 5.39. The van der Waals surface area contributed by atoms with E-state index in [4.69, 9.17) is 16.3 Å². The number of hydrogen-bond acceptors (Lipinski definition) is 6. The number of amides is 1. The predicted octanol–water partition coefficient (Wildman–Crippen LogP) is 4.63. The summed E-state index contributed by atoms with van der Waals surface area (Å²) in [6.07, 6.45) is 1.73. The van der Waals surface area contributed by atoms with Gasteiger partial charge in [0.15, 0.2) is 16.8 Å². The number of ether oxygens (including phenoxy) is 1. The lowest BCUT2D eigenvalue weighted by Gasteiger charge is -2.09. The zero-order chi connectivity index (χ0) is 22.2. The van der Waals surface area contributed by atoms with Gasteiger partial charge in [0.1, 0.15) is 12.4 Å². The van der Waals surface area contributed by atoms with E-state index in [-0.39, 0.29) is 24.1 Å². The second-order valence-corrected chi connectivity index (χ2v) is 7.89. The highest BCUT2D eigenvalue weighted by molar-refractivity contribution is 7.99. The fourth-order valence-electron chi connectivity index (χ4n) is 2.67. The number of halogens is 1. The van der Waals surface area contributed by atoms with Crippen LogP contribution in [0.4, 0.5) is 5.69 Å². The van der Waals surface area contributed by atoms with Crippen LogP contribution in [0.1, 0.15) is 23.1 Å². The maximum absolute atomic E-state index is 12.4. The summed E-state index contributed by atoms with van der Waals surface area (Å²) >= 11 is 7.15. The van der Waals surface area contributed by atoms with E-state index in [1.807, 2.05) is 4.57 Å². The fourth-order valence-corrected chi connectivity index (χ4v) is 3.56. The minimum absolute atomic E-state index is 0.0589. The number of thioether (sulfide) groups is 1. The van der Waals surface area contributed by atoms with Crippen molar-refractivity contribution in [2.75, 3.05) is 11.1 Å². The molecule has 0 aliphatic carbocycles. The number of carbonyl (C=O) groups excluding carboxylic acids is 2. The van der Waals surface area contributed by atoms with Gasteiger partial charge < -0.3 is 10.1 Å². The largest absolute Gasteiger partial charge is 0.486 e. The third-order valence-electron chi connectivity index (χ3n) is 4.17. The van der Waals surface area contributed by atoms with E-state index in [9.17, 15) is 9.59 Å².